The molecule has 1 aromatic rings. The second kappa shape index (κ2) is 5.48. The van der Waals surface area contributed by atoms with Crippen LogP contribution in [0.2, 0.25) is 0 Å². The minimum absolute atomic E-state index is 0.118. The number of benzene rings is 1. The van der Waals surface area contributed by atoms with E-state index in [1.54, 1.807) is 19.2 Å². The fourth-order valence-corrected chi connectivity index (χ4v) is 2.11. The highest BCUT2D eigenvalue weighted by atomic mass is 35.5. The molecule has 1 N–H and O–H groups in total. The molecule has 94 valence electrons. The number of alkyl halides is 1. The van der Waals surface area contributed by atoms with E-state index in [2.05, 4.69) is 4.72 Å². The molecule has 1 aromatic carbocycles. The zero-order valence-corrected chi connectivity index (χ0v) is 11.0. The van der Waals surface area contributed by atoms with Crippen LogP contribution in [0.5, 0.6) is 0 Å². The molecule has 0 fully saturated rings. The van der Waals surface area contributed by atoms with Gasteiger partial charge in [-0.15, -0.1) is 11.6 Å². The molecular weight excluding hydrogens is 264 g/mol. The van der Waals surface area contributed by atoms with Crippen molar-refractivity contribution < 1.29 is 13.2 Å². The maximum absolute atomic E-state index is 11.5. The lowest BCUT2D eigenvalue weighted by Gasteiger charge is -2.16. The summed E-state index contributed by atoms with van der Waals surface area (Å²) >= 11 is 5.43. The van der Waals surface area contributed by atoms with Crippen molar-refractivity contribution in [2.24, 2.45) is 0 Å². The summed E-state index contributed by atoms with van der Waals surface area (Å²) in [6.45, 7) is 0. The zero-order valence-electron chi connectivity index (χ0n) is 9.47. The van der Waals surface area contributed by atoms with Gasteiger partial charge in [-0.2, -0.15) is 0 Å². The number of rotatable bonds is 4. The smallest absolute Gasteiger partial charge is 0.241 e. The molecule has 0 aliphatic heterocycles. The van der Waals surface area contributed by atoms with E-state index in [1.165, 1.54) is 24.1 Å². The number of sulfonamides is 1. The Labute approximate surface area is 105 Å². The molecule has 0 aromatic heterocycles. The fourth-order valence-electron chi connectivity index (χ4n) is 1.20. The highest BCUT2D eigenvalue weighted by molar-refractivity contribution is 7.89. The van der Waals surface area contributed by atoms with E-state index in [0.717, 1.165) is 0 Å². The van der Waals surface area contributed by atoms with E-state index < -0.39 is 10.0 Å². The summed E-state index contributed by atoms with van der Waals surface area (Å²) in [6.07, 6.45) is 0. The van der Waals surface area contributed by atoms with Crippen LogP contribution < -0.4 is 9.62 Å². The Morgan fingerprint density at radius 2 is 1.88 bits per heavy atom. The summed E-state index contributed by atoms with van der Waals surface area (Å²) in [5.74, 6) is -0.372. The van der Waals surface area contributed by atoms with Gasteiger partial charge in [-0.05, 0) is 31.3 Å². The standard InChI is InChI=1S/C10H13ClN2O3S/c1-12-17(15,16)9-5-3-8(4-6-9)13(2)10(14)7-11/h3-6,12H,7H2,1-2H3. The molecule has 7 heteroatoms. The Balaban J connectivity index is 3.00. The van der Waals surface area contributed by atoms with Crippen LogP contribution in [0, 0.1) is 0 Å². The number of hydrogen-bond acceptors (Lipinski definition) is 3. The summed E-state index contributed by atoms with van der Waals surface area (Å²) in [7, 11) is -0.531. The number of nitrogens with zero attached hydrogens (tertiary/aromatic N) is 1. The molecular formula is C10H13ClN2O3S. The largest absolute Gasteiger partial charge is 0.314 e. The molecule has 0 spiro atoms. The lowest BCUT2D eigenvalue weighted by Crippen LogP contribution is -2.27. The Bertz CT molecular complexity index is 499. The third kappa shape index (κ3) is 3.18. The predicted octanol–water partition coefficient (Wildman–Crippen LogP) is 0.796. The summed E-state index contributed by atoms with van der Waals surface area (Å²) in [5.41, 5.74) is 0.589. The molecule has 1 amide bonds. The van der Waals surface area contributed by atoms with Crippen LogP contribution in [0.25, 0.3) is 0 Å². The van der Waals surface area contributed by atoms with Crippen LogP contribution in [0.15, 0.2) is 29.2 Å². The molecule has 0 bridgehead atoms. The van der Waals surface area contributed by atoms with Crippen molar-refractivity contribution in [2.45, 2.75) is 4.90 Å². The Morgan fingerprint density at radius 3 is 2.29 bits per heavy atom. The lowest BCUT2D eigenvalue weighted by atomic mass is 10.3. The number of anilines is 1. The van der Waals surface area contributed by atoms with Crippen LogP contribution in [0.3, 0.4) is 0 Å². The molecule has 0 saturated carbocycles. The first kappa shape index (κ1) is 14.0. The quantitative estimate of drug-likeness (QED) is 0.827. The molecule has 5 nitrogen and oxygen atoms in total. The van der Waals surface area contributed by atoms with Crippen molar-refractivity contribution in [1.82, 2.24) is 4.72 Å². The molecule has 0 aliphatic carbocycles. The molecule has 0 saturated heterocycles. The predicted molar refractivity (Wildman–Crippen MR) is 66.8 cm³/mol. The molecule has 0 unspecified atom stereocenters. The van der Waals surface area contributed by atoms with Crippen molar-refractivity contribution in [3.05, 3.63) is 24.3 Å². The van der Waals surface area contributed by atoms with E-state index in [-0.39, 0.29) is 16.7 Å². The molecule has 1 rings (SSSR count). The third-order valence-electron chi connectivity index (χ3n) is 2.29. The maximum atomic E-state index is 11.5. The van der Waals surface area contributed by atoms with Crippen molar-refractivity contribution in [3.63, 3.8) is 0 Å². The summed E-state index contributed by atoms with van der Waals surface area (Å²) in [4.78, 5) is 12.8. The van der Waals surface area contributed by atoms with Gasteiger partial charge < -0.3 is 4.90 Å². The van der Waals surface area contributed by atoms with Gasteiger partial charge in [0.05, 0.1) is 4.90 Å². The van der Waals surface area contributed by atoms with Crippen LogP contribution in [-0.2, 0) is 14.8 Å². The van der Waals surface area contributed by atoms with Crippen molar-refractivity contribution in [3.8, 4) is 0 Å². The molecule has 0 aliphatic rings. The van der Waals surface area contributed by atoms with Crippen molar-refractivity contribution in [2.75, 3.05) is 24.9 Å². The Hall–Kier alpha value is -1.11. The summed E-state index contributed by atoms with van der Waals surface area (Å²) in [6, 6.07) is 5.96. The minimum atomic E-state index is -3.45. The van der Waals surface area contributed by atoms with E-state index >= 15 is 0 Å². The van der Waals surface area contributed by atoms with Gasteiger partial charge in [0.1, 0.15) is 5.88 Å². The van der Waals surface area contributed by atoms with Gasteiger partial charge in [-0.3, -0.25) is 4.79 Å². The second-order valence-corrected chi connectivity index (χ2v) is 5.44. The first-order valence-corrected chi connectivity index (χ1v) is 6.80. The number of hydrogen-bond donors (Lipinski definition) is 1. The Kier molecular flexibility index (Phi) is 4.50. The van der Waals surface area contributed by atoms with E-state index in [4.69, 9.17) is 11.6 Å². The first-order valence-electron chi connectivity index (χ1n) is 4.78. The number of amides is 1. The SMILES string of the molecule is CNS(=O)(=O)c1ccc(N(C)C(=O)CCl)cc1. The highest BCUT2D eigenvalue weighted by Crippen LogP contribution is 2.17. The third-order valence-corrected chi connectivity index (χ3v) is 3.95. The van der Waals surface area contributed by atoms with Crippen molar-refractivity contribution >= 4 is 33.2 Å². The average Bonchev–Trinajstić information content (AvgIpc) is 2.37. The molecule has 17 heavy (non-hydrogen) atoms. The van der Waals surface area contributed by atoms with Gasteiger partial charge in [0.2, 0.25) is 15.9 Å². The summed E-state index contributed by atoms with van der Waals surface area (Å²) < 4.78 is 25.1. The van der Waals surface area contributed by atoms with Crippen LogP contribution in [0.4, 0.5) is 5.69 Å². The van der Waals surface area contributed by atoms with E-state index in [0.29, 0.717) is 5.69 Å². The molecule has 0 atom stereocenters. The highest BCUT2D eigenvalue weighted by Gasteiger charge is 2.13. The normalized spacial score (nSPS) is 11.2. The van der Waals surface area contributed by atoms with Crippen LogP contribution >= 0.6 is 11.6 Å². The zero-order chi connectivity index (χ0) is 13.1. The maximum Gasteiger partial charge on any atom is 0.241 e. The molecule has 0 radical (unpaired) electrons. The van der Waals surface area contributed by atoms with Gasteiger partial charge >= 0.3 is 0 Å². The number of nitrogens with one attached hydrogen (secondary N) is 1. The van der Waals surface area contributed by atoms with E-state index in [9.17, 15) is 13.2 Å². The fraction of sp³-hybridized carbons (Fsp3) is 0.300. The lowest BCUT2D eigenvalue weighted by molar-refractivity contribution is -0.116. The van der Waals surface area contributed by atoms with Gasteiger partial charge in [0, 0.05) is 12.7 Å². The first-order chi connectivity index (χ1) is 7.92. The Morgan fingerprint density at radius 1 is 1.35 bits per heavy atom. The average molecular weight is 277 g/mol. The second-order valence-electron chi connectivity index (χ2n) is 3.29. The van der Waals surface area contributed by atoms with Gasteiger partial charge in [0.15, 0.2) is 0 Å². The number of carbonyl (C=O) groups excluding carboxylic acids is 1. The number of halogens is 1. The summed E-state index contributed by atoms with van der Waals surface area (Å²) in [5, 5.41) is 0. The topological polar surface area (TPSA) is 66.5 Å². The van der Waals surface area contributed by atoms with Gasteiger partial charge in [-0.25, -0.2) is 13.1 Å². The molecule has 0 heterocycles. The minimum Gasteiger partial charge on any atom is -0.314 e. The van der Waals surface area contributed by atoms with Crippen molar-refractivity contribution in [1.29, 1.82) is 0 Å². The van der Waals surface area contributed by atoms with Crippen LogP contribution in [-0.4, -0.2) is 34.3 Å². The van der Waals surface area contributed by atoms with Gasteiger partial charge in [0.25, 0.3) is 0 Å². The van der Waals surface area contributed by atoms with Crippen LogP contribution in [0.1, 0.15) is 0 Å². The monoisotopic (exact) mass is 276 g/mol. The number of carbonyl (C=O) groups is 1. The van der Waals surface area contributed by atoms with E-state index in [1.807, 2.05) is 0 Å². The van der Waals surface area contributed by atoms with Gasteiger partial charge in [-0.1, -0.05) is 0 Å².